The smallest absolute Gasteiger partial charge is 0.224 e. The summed E-state index contributed by atoms with van der Waals surface area (Å²) < 4.78 is 13.3. The van der Waals surface area contributed by atoms with Crippen LogP contribution >= 0.6 is 11.6 Å². The Bertz CT molecular complexity index is 583. The van der Waals surface area contributed by atoms with Gasteiger partial charge < -0.3 is 10.6 Å². The van der Waals surface area contributed by atoms with Gasteiger partial charge in [-0.05, 0) is 31.5 Å². The number of nitrogens with one attached hydrogen (secondary N) is 2. The minimum absolute atomic E-state index is 0.337. The van der Waals surface area contributed by atoms with Crippen molar-refractivity contribution in [3.63, 3.8) is 0 Å². The van der Waals surface area contributed by atoms with E-state index in [2.05, 4.69) is 27.5 Å². The summed E-state index contributed by atoms with van der Waals surface area (Å²) in [6, 6.07) is 4.27. The molecule has 0 unspecified atom stereocenters. The van der Waals surface area contributed by atoms with Crippen molar-refractivity contribution >= 4 is 29.1 Å². The van der Waals surface area contributed by atoms with Gasteiger partial charge in [-0.15, -0.1) is 0 Å². The van der Waals surface area contributed by atoms with Crippen molar-refractivity contribution in [3.8, 4) is 0 Å². The molecule has 0 atom stereocenters. The summed E-state index contributed by atoms with van der Waals surface area (Å²) in [6.07, 6.45) is 2.70. The molecular weight excluding hydrogens is 279 g/mol. The van der Waals surface area contributed by atoms with E-state index in [1.807, 2.05) is 6.92 Å². The third-order valence-corrected chi connectivity index (χ3v) is 2.85. The molecule has 1 aromatic carbocycles. The number of aryl methyl sites for hydroxylation is 1. The van der Waals surface area contributed by atoms with Crippen LogP contribution in [0.15, 0.2) is 24.4 Å². The zero-order valence-electron chi connectivity index (χ0n) is 11.4. The number of aromatic nitrogens is 2. The van der Waals surface area contributed by atoms with Gasteiger partial charge in [-0.2, -0.15) is 4.98 Å². The SMILES string of the molecule is CCCNc1ncc(C)c(Nc2cc(F)cc(Cl)c2)n1. The van der Waals surface area contributed by atoms with Gasteiger partial charge in [-0.25, -0.2) is 9.37 Å². The molecule has 0 amide bonds. The maximum absolute atomic E-state index is 13.3. The minimum atomic E-state index is -0.393. The van der Waals surface area contributed by atoms with Crippen LogP contribution < -0.4 is 10.6 Å². The van der Waals surface area contributed by atoms with Crippen molar-refractivity contribution in [1.29, 1.82) is 0 Å². The van der Waals surface area contributed by atoms with Crippen LogP contribution in [0.25, 0.3) is 0 Å². The lowest BCUT2D eigenvalue weighted by Gasteiger charge is -2.11. The fourth-order valence-corrected chi connectivity index (χ4v) is 1.88. The second-order valence-corrected chi connectivity index (χ2v) is 4.87. The Kier molecular flexibility index (Phi) is 4.74. The number of nitrogens with zero attached hydrogens (tertiary/aromatic N) is 2. The Morgan fingerprint density at radius 1 is 1.30 bits per heavy atom. The van der Waals surface area contributed by atoms with Crippen molar-refractivity contribution in [3.05, 3.63) is 40.8 Å². The first-order valence-corrected chi connectivity index (χ1v) is 6.77. The van der Waals surface area contributed by atoms with E-state index in [0.29, 0.717) is 22.5 Å². The van der Waals surface area contributed by atoms with Crippen LogP contribution in [0.2, 0.25) is 5.02 Å². The maximum atomic E-state index is 13.3. The summed E-state index contributed by atoms with van der Waals surface area (Å²) in [5.74, 6) is 0.777. The van der Waals surface area contributed by atoms with E-state index < -0.39 is 5.82 Å². The van der Waals surface area contributed by atoms with Gasteiger partial charge in [0.05, 0.1) is 0 Å². The van der Waals surface area contributed by atoms with Crippen molar-refractivity contribution in [2.45, 2.75) is 20.3 Å². The highest BCUT2D eigenvalue weighted by molar-refractivity contribution is 6.30. The third-order valence-electron chi connectivity index (χ3n) is 2.63. The summed E-state index contributed by atoms with van der Waals surface area (Å²) >= 11 is 5.83. The van der Waals surface area contributed by atoms with Gasteiger partial charge in [0, 0.05) is 29.0 Å². The Hall–Kier alpha value is -1.88. The lowest BCUT2D eigenvalue weighted by molar-refractivity contribution is 0.628. The molecule has 2 aromatic rings. The molecule has 0 aliphatic carbocycles. The van der Waals surface area contributed by atoms with Crippen LogP contribution in [0.1, 0.15) is 18.9 Å². The van der Waals surface area contributed by atoms with Crippen LogP contribution in [0.4, 0.5) is 21.8 Å². The monoisotopic (exact) mass is 294 g/mol. The summed E-state index contributed by atoms with van der Waals surface area (Å²) in [5, 5.41) is 6.50. The van der Waals surface area contributed by atoms with E-state index in [1.165, 1.54) is 12.1 Å². The zero-order chi connectivity index (χ0) is 14.5. The van der Waals surface area contributed by atoms with Crippen molar-refractivity contribution in [2.75, 3.05) is 17.2 Å². The van der Waals surface area contributed by atoms with E-state index in [1.54, 1.807) is 12.3 Å². The number of rotatable bonds is 5. The van der Waals surface area contributed by atoms with Crippen molar-refractivity contribution in [1.82, 2.24) is 9.97 Å². The van der Waals surface area contributed by atoms with Gasteiger partial charge in [-0.1, -0.05) is 18.5 Å². The minimum Gasteiger partial charge on any atom is -0.354 e. The average molecular weight is 295 g/mol. The molecule has 0 aliphatic rings. The highest BCUT2D eigenvalue weighted by Gasteiger charge is 2.06. The molecule has 0 saturated carbocycles. The van der Waals surface area contributed by atoms with Gasteiger partial charge >= 0.3 is 0 Å². The Morgan fingerprint density at radius 2 is 2.10 bits per heavy atom. The molecule has 1 heterocycles. The number of hydrogen-bond donors (Lipinski definition) is 2. The first-order chi connectivity index (χ1) is 9.58. The molecule has 0 bridgehead atoms. The molecule has 0 saturated heterocycles. The molecule has 6 heteroatoms. The zero-order valence-corrected chi connectivity index (χ0v) is 12.1. The standard InChI is InChI=1S/C14H16ClFN4/c1-3-4-17-14-18-8-9(2)13(20-14)19-12-6-10(15)5-11(16)7-12/h5-8H,3-4H2,1-2H3,(H2,17,18,19,20). The van der Waals surface area contributed by atoms with Crippen LogP contribution in [0.3, 0.4) is 0 Å². The third kappa shape index (κ3) is 3.81. The predicted molar refractivity (Wildman–Crippen MR) is 80.2 cm³/mol. The topological polar surface area (TPSA) is 49.8 Å². The lowest BCUT2D eigenvalue weighted by atomic mass is 10.3. The number of benzene rings is 1. The second-order valence-electron chi connectivity index (χ2n) is 4.44. The number of halogens is 2. The lowest BCUT2D eigenvalue weighted by Crippen LogP contribution is -2.07. The van der Waals surface area contributed by atoms with E-state index in [9.17, 15) is 4.39 Å². The van der Waals surface area contributed by atoms with Gasteiger partial charge in [0.2, 0.25) is 5.95 Å². The highest BCUT2D eigenvalue weighted by atomic mass is 35.5. The predicted octanol–water partition coefficient (Wildman–Crippen LogP) is 4.14. The first kappa shape index (κ1) is 14.5. The summed E-state index contributed by atoms with van der Waals surface area (Å²) in [7, 11) is 0. The average Bonchev–Trinajstić information content (AvgIpc) is 2.38. The fraction of sp³-hybridized carbons (Fsp3) is 0.286. The van der Waals surface area contributed by atoms with Crippen LogP contribution in [0, 0.1) is 12.7 Å². The summed E-state index contributed by atoms with van der Waals surface area (Å²) in [6.45, 7) is 4.75. The van der Waals surface area contributed by atoms with E-state index in [-0.39, 0.29) is 0 Å². The molecule has 2 N–H and O–H groups in total. The molecule has 20 heavy (non-hydrogen) atoms. The molecule has 1 aromatic heterocycles. The van der Waals surface area contributed by atoms with Crippen LogP contribution in [0.5, 0.6) is 0 Å². The molecule has 4 nitrogen and oxygen atoms in total. The Morgan fingerprint density at radius 3 is 2.80 bits per heavy atom. The van der Waals surface area contributed by atoms with Gasteiger partial charge in [0.15, 0.2) is 0 Å². The van der Waals surface area contributed by atoms with Crippen LogP contribution in [-0.4, -0.2) is 16.5 Å². The maximum Gasteiger partial charge on any atom is 0.224 e. The largest absolute Gasteiger partial charge is 0.354 e. The summed E-state index contributed by atoms with van der Waals surface area (Å²) in [4.78, 5) is 8.56. The van der Waals surface area contributed by atoms with Gasteiger partial charge in [0.1, 0.15) is 11.6 Å². The normalized spacial score (nSPS) is 10.4. The molecular formula is C14H16ClFN4. The van der Waals surface area contributed by atoms with E-state index >= 15 is 0 Å². The van der Waals surface area contributed by atoms with Crippen molar-refractivity contribution in [2.24, 2.45) is 0 Å². The molecule has 0 aliphatic heterocycles. The number of hydrogen-bond acceptors (Lipinski definition) is 4. The fourth-order valence-electron chi connectivity index (χ4n) is 1.65. The molecule has 0 fully saturated rings. The second kappa shape index (κ2) is 6.52. The Labute approximate surface area is 122 Å². The quantitative estimate of drug-likeness (QED) is 0.870. The first-order valence-electron chi connectivity index (χ1n) is 6.39. The van der Waals surface area contributed by atoms with E-state index in [4.69, 9.17) is 11.6 Å². The Balaban J connectivity index is 2.23. The van der Waals surface area contributed by atoms with Crippen molar-refractivity contribution < 1.29 is 4.39 Å². The number of anilines is 3. The summed E-state index contributed by atoms with van der Waals surface area (Å²) in [5.41, 5.74) is 1.42. The molecule has 2 rings (SSSR count). The van der Waals surface area contributed by atoms with Gasteiger partial charge in [-0.3, -0.25) is 0 Å². The van der Waals surface area contributed by atoms with Crippen LogP contribution in [-0.2, 0) is 0 Å². The highest BCUT2D eigenvalue weighted by Crippen LogP contribution is 2.23. The molecule has 0 radical (unpaired) electrons. The van der Waals surface area contributed by atoms with E-state index in [0.717, 1.165) is 18.5 Å². The molecule has 106 valence electrons. The molecule has 0 spiro atoms. The van der Waals surface area contributed by atoms with Gasteiger partial charge in [0.25, 0.3) is 0 Å².